The Morgan fingerprint density at radius 1 is 1.14 bits per heavy atom. The van der Waals surface area contributed by atoms with Crippen LogP contribution in [-0.2, 0) is 0 Å². The van der Waals surface area contributed by atoms with Crippen LogP contribution in [0.5, 0.6) is 0 Å². The molecule has 0 aliphatic heterocycles. The van der Waals surface area contributed by atoms with Gasteiger partial charge in [-0.3, -0.25) is 4.40 Å². The van der Waals surface area contributed by atoms with Gasteiger partial charge in [0, 0.05) is 18.4 Å². The van der Waals surface area contributed by atoms with Crippen LogP contribution in [0.3, 0.4) is 0 Å². The number of nitrogens with one attached hydrogen (secondary N) is 1. The summed E-state index contributed by atoms with van der Waals surface area (Å²) in [6, 6.07) is 8.01. The molecule has 0 spiro atoms. The second-order valence-electron chi connectivity index (χ2n) is 9.03. The van der Waals surface area contributed by atoms with Gasteiger partial charge >= 0.3 is 0 Å². The summed E-state index contributed by atoms with van der Waals surface area (Å²) in [6.07, 6.45) is 10.5. The number of hydrogen-bond donors (Lipinski definition) is 2. The lowest BCUT2D eigenvalue weighted by Crippen LogP contribution is -2.59. The molecule has 2 atom stereocenters. The summed E-state index contributed by atoms with van der Waals surface area (Å²) in [5.74, 6) is 3.10. The van der Waals surface area contributed by atoms with Crippen LogP contribution < -0.4 is 5.32 Å². The van der Waals surface area contributed by atoms with E-state index in [1.54, 1.807) is 24.7 Å². The standard InChI is InChI=1S/C22H22N6O/c23-10-13-1-2-19-25-11-17(28(19)12-13)21-24-4-3-18(27-21)26-20-15-5-14-6-16(20)9-22(29,7-14)8-15/h1-4,11-12,14-16,20,29H,5-9H2,(H,24,26,27)/t14-,15?,16?,20-,22?. The number of hydrogen-bond acceptors (Lipinski definition) is 6. The predicted octanol–water partition coefficient (Wildman–Crippen LogP) is 3.01. The zero-order valence-electron chi connectivity index (χ0n) is 16.0. The van der Waals surface area contributed by atoms with Crippen LogP contribution in [0.2, 0.25) is 0 Å². The molecular weight excluding hydrogens is 364 g/mol. The Balaban J connectivity index is 1.31. The minimum absolute atomic E-state index is 0.363. The van der Waals surface area contributed by atoms with E-state index in [4.69, 9.17) is 4.98 Å². The van der Waals surface area contributed by atoms with Gasteiger partial charge in [-0.25, -0.2) is 15.0 Å². The molecule has 29 heavy (non-hydrogen) atoms. The van der Waals surface area contributed by atoms with Gasteiger partial charge in [0.25, 0.3) is 0 Å². The predicted molar refractivity (Wildman–Crippen MR) is 107 cm³/mol. The summed E-state index contributed by atoms with van der Waals surface area (Å²) in [5, 5.41) is 23.7. The number of nitrogens with zero attached hydrogens (tertiary/aromatic N) is 5. The van der Waals surface area contributed by atoms with Gasteiger partial charge in [-0.2, -0.15) is 5.26 Å². The van der Waals surface area contributed by atoms with E-state index < -0.39 is 5.60 Å². The summed E-state index contributed by atoms with van der Waals surface area (Å²) >= 11 is 0. The fraction of sp³-hybridized carbons (Fsp3) is 0.455. The van der Waals surface area contributed by atoms with Crippen LogP contribution in [0.4, 0.5) is 5.82 Å². The third-order valence-electron chi connectivity index (χ3n) is 7.07. The summed E-state index contributed by atoms with van der Waals surface area (Å²) in [6.45, 7) is 0. The summed E-state index contributed by atoms with van der Waals surface area (Å²) in [4.78, 5) is 13.6. The van der Waals surface area contributed by atoms with Crippen molar-refractivity contribution >= 4 is 11.5 Å². The molecule has 4 aliphatic rings. The van der Waals surface area contributed by atoms with Gasteiger partial charge in [-0.1, -0.05) is 0 Å². The third kappa shape index (κ3) is 2.70. The minimum Gasteiger partial charge on any atom is -0.390 e. The molecule has 0 saturated heterocycles. The SMILES string of the molecule is N#Cc1ccc2ncc(-c3nccc(N[C@H]4C5CC6(O)CC4C[C@H](C5)C6)n3)n2c1. The lowest BCUT2D eigenvalue weighted by atomic mass is 9.52. The Kier molecular flexibility index (Phi) is 3.51. The highest BCUT2D eigenvalue weighted by molar-refractivity contribution is 5.59. The molecule has 3 heterocycles. The molecule has 7 nitrogen and oxygen atoms in total. The lowest BCUT2D eigenvalue weighted by Gasteiger charge is -2.58. The first-order chi connectivity index (χ1) is 14.1. The Morgan fingerprint density at radius 2 is 1.97 bits per heavy atom. The average molecular weight is 386 g/mol. The van der Waals surface area contributed by atoms with Crippen LogP contribution >= 0.6 is 0 Å². The highest BCUT2D eigenvalue weighted by atomic mass is 16.3. The summed E-state index contributed by atoms with van der Waals surface area (Å²) in [5.41, 5.74) is 1.66. The molecule has 0 radical (unpaired) electrons. The van der Waals surface area contributed by atoms with Gasteiger partial charge < -0.3 is 10.4 Å². The number of pyridine rings is 1. The van der Waals surface area contributed by atoms with Crippen LogP contribution in [0.15, 0.2) is 36.8 Å². The molecule has 4 fully saturated rings. The first-order valence-corrected chi connectivity index (χ1v) is 10.3. The molecular formula is C22H22N6O. The number of fused-ring (bicyclic) bond motifs is 1. The van der Waals surface area contributed by atoms with Crippen LogP contribution in [-0.4, -0.2) is 36.1 Å². The second kappa shape index (κ2) is 6.01. The van der Waals surface area contributed by atoms with Crippen molar-refractivity contribution in [2.45, 2.75) is 43.7 Å². The number of rotatable bonds is 3. The maximum Gasteiger partial charge on any atom is 0.180 e. The highest BCUT2D eigenvalue weighted by Gasteiger charge is 2.54. The van der Waals surface area contributed by atoms with Crippen molar-refractivity contribution in [3.63, 3.8) is 0 Å². The monoisotopic (exact) mass is 386 g/mol. The normalized spacial score (nSPS) is 32.4. The smallest absolute Gasteiger partial charge is 0.180 e. The Labute approximate surface area is 168 Å². The molecule has 3 aromatic heterocycles. The van der Waals surface area contributed by atoms with E-state index in [9.17, 15) is 10.4 Å². The van der Waals surface area contributed by atoms with E-state index in [0.29, 0.717) is 35.2 Å². The van der Waals surface area contributed by atoms with Gasteiger partial charge in [0.15, 0.2) is 5.82 Å². The largest absolute Gasteiger partial charge is 0.390 e. The molecule has 0 amide bonds. The molecule has 0 aromatic carbocycles. The molecule has 7 heteroatoms. The molecule has 146 valence electrons. The molecule has 4 bridgehead atoms. The van der Waals surface area contributed by atoms with Gasteiger partial charge in [0.2, 0.25) is 0 Å². The van der Waals surface area contributed by atoms with Gasteiger partial charge in [0.1, 0.15) is 23.2 Å². The molecule has 7 rings (SSSR count). The second-order valence-corrected chi connectivity index (χ2v) is 9.03. The Hall–Kier alpha value is -2.98. The topological polar surface area (TPSA) is 99.1 Å². The van der Waals surface area contributed by atoms with Gasteiger partial charge in [-0.15, -0.1) is 0 Å². The van der Waals surface area contributed by atoms with Crippen molar-refractivity contribution in [3.05, 3.63) is 42.4 Å². The van der Waals surface area contributed by atoms with Crippen molar-refractivity contribution in [2.75, 3.05) is 5.32 Å². The van der Waals surface area contributed by atoms with Crippen molar-refractivity contribution in [1.82, 2.24) is 19.4 Å². The minimum atomic E-state index is -0.430. The molecule has 2 unspecified atom stereocenters. The van der Waals surface area contributed by atoms with E-state index in [2.05, 4.69) is 21.4 Å². The van der Waals surface area contributed by atoms with Gasteiger partial charge in [-0.05, 0) is 68.1 Å². The number of aliphatic hydroxyl groups is 1. The molecule has 3 aromatic rings. The zero-order valence-corrected chi connectivity index (χ0v) is 16.0. The van der Waals surface area contributed by atoms with Gasteiger partial charge in [0.05, 0.1) is 17.4 Å². The van der Waals surface area contributed by atoms with Crippen molar-refractivity contribution in [3.8, 4) is 17.6 Å². The van der Waals surface area contributed by atoms with E-state index in [1.807, 2.05) is 16.5 Å². The summed E-state index contributed by atoms with van der Waals surface area (Å²) in [7, 11) is 0. The number of aromatic nitrogens is 4. The first-order valence-electron chi connectivity index (χ1n) is 10.3. The van der Waals surface area contributed by atoms with Crippen LogP contribution in [0.1, 0.15) is 37.7 Å². The molecule has 4 aliphatic carbocycles. The maximum atomic E-state index is 10.8. The van der Waals surface area contributed by atoms with Crippen molar-refractivity contribution in [2.24, 2.45) is 17.8 Å². The van der Waals surface area contributed by atoms with E-state index in [-0.39, 0.29) is 0 Å². The number of anilines is 1. The number of imidazole rings is 1. The van der Waals surface area contributed by atoms with E-state index in [1.165, 1.54) is 12.8 Å². The van der Waals surface area contributed by atoms with Crippen molar-refractivity contribution in [1.29, 1.82) is 5.26 Å². The number of nitriles is 1. The van der Waals surface area contributed by atoms with Crippen molar-refractivity contribution < 1.29 is 5.11 Å². The maximum absolute atomic E-state index is 10.8. The highest BCUT2D eigenvalue weighted by Crippen LogP contribution is 2.56. The third-order valence-corrected chi connectivity index (χ3v) is 7.07. The van der Waals surface area contributed by atoms with Crippen LogP contribution in [0, 0.1) is 29.1 Å². The first kappa shape index (κ1) is 16.9. The Bertz CT molecular complexity index is 1130. The Morgan fingerprint density at radius 3 is 2.72 bits per heavy atom. The molecule has 4 saturated carbocycles. The fourth-order valence-corrected chi connectivity index (χ4v) is 6.16. The quantitative estimate of drug-likeness (QED) is 0.718. The zero-order chi connectivity index (χ0) is 19.6. The summed E-state index contributed by atoms with van der Waals surface area (Å²) < 4.78 is 1.86. The lowest BCUT2D eigenvalue weighted by molar-refractivity contribution is -0.129. The van der Waals surface area contributed by atoms with Crippen LogP contribution in [0.25, 0.3) is 17.2 Å². The molecule has 2 N–H and O–H groups in total. The average Bonchev–Trinajstić information content (AvgIpc) is 3.13. The fourth-order valence-electron chi connectivity index (χ4n) is 6.16. The van der Waals surface area contributed by atoms with E-state index in [0.717, 1.165) is 36.4 Å². The van der Waals surface area contributed by atoms with E-state index >= 15 is 0 Å².